The molecule has 0 aliphatic rings. The molecule has 1 aromatic rings. The molecule has 0 spiro atoms. The highest BCUT2D eigenvalue weighted by Crippen LogP contribution is 2.03. The van der Waals surface area contributed by atoms with Crippen LogP contribution in [-0.4, -0.2) is 21.9 Å². The van der Waals surface area contributed by atoms with Crippen molar-refractivity contribution >= 4 is 22.6 Å². The van der Waals surface area contributed by atoms with Crippen molar-refractivity contribution in [2.75, 3.05) is 6.54 Å². The van der Waals surface area contributed by atoms with Crippen molar-refractivity contribution in [1.29, 1.82) is 0 Å². The maximum absolute atomic E-state index is 4.25. The number of unbranched alkanes of at least 4 members (excludes halogenated alkanes) is 1. The zero-order valence-corrected chi connectivity index (χ0v) is 11.9. The van der Waals surface area contributed by atoms with Crippen LogP contribution < -0.4 is 5.32 Å². The van der Waals surface area contributed by atoms with Gasteiger partial charge in [-0.05, 0) is 62.7 Å². The normalized spacial score (nSPS) is 12.0. The molecule has 0 fully saturated rings. The monoisotopic (exact) mass is 321 g/mol. The molecule has 0 aliphatic carbocycles. The molecule has 0 aromatic carbocycles. The molecule has 0 saturated heterocycles. The second-order valence-corrected chi connectivity index (χ2v) is 6.05. The van der Waals surface area contributed by atoms with E-state index >= 15 is 0 Å². The van der Waals surface area contributed by atoms with Crippen LogP contribution in [0.2, 0.25) is 0 Å². The first-order valence-corrected chi connectivity index (χ1v) is 6.48. The number of rotatable bonds is 5. The molecule has 0 atom stereocenters. The van der Waals surface area contributed by atoms with Gasteiger partial charge in [0.2, 0.25) is 0 Å². The molecule has 0 aliphatic heterocycles. The number of hydrogen-bond donors (Lipinski definition) is 1. The molecule has 0 saturated carbocycles. The molecule has 1 N–H and O–H groups in total. The predicted molar refractivity (Wildman–Crippen MR) is 71.9 cm³/mol. The van der Waals surface area contributed by atoms with Crippen LogP contribution >= 0.6 is 22.6 Å². The van der Waals surface area contributed by atoms with Crippen LogP contribution in [0.5, 0.6) is 0 Å². The number of nitrogens with one attached hydrogen (secondary N) is 1. The van der Waals surface area contributed by atoms with Gasteiger partial charge in [-0.15, -0.1) is 0 Å². The summed E-state index contributed by atoms with van der Waals surface area (Å²) in [5, 5.41) is 7.73. The second kappa shape index (κ2) is 5.84. The Kier molecular flexibility index (Phi) is 5.05. The van der Waals surface area contributed by atoms with Gasteiger partial charge >= 0.3 is 0 Å². The highest BCUT2D eigenvalue weighted by molar-refractivity contribution is 14.1. The standard InChI is InChI=1S/C11H20IN3/c1-11(2,3)13-6-4-5-7-15-9-10(12)8-14-15/h8-9,13H,4-7H2,1-3H3. The zero-order valence-electron chi connectivity index (χ0n) is 9.76. The van der Waals surface area contributed by atoms with Gasteiger partial charge in [0.1, 0.15) is 0 Å². The number of halogens is 1. The summed E-state index contributed by atoms with van der Waals surface area (Å²) in [7, 11) is 0. The number of hydrogen-bond acceptors (Lipinski definition) is 2. The first-order valence-electron chi connectivity index (χ1n) is 5.40. The van der Waals surface area contributed by atoms with Crippen LogP contribution in [0.25, 0.3) is 0 Å². The highest BCUT2D eigenvalue weighted by atomic mass is 127. The molecule has 1 heterocycles. The molecule has 15 heavy (non-hydrogen) atoms. The van der Waals surface area contributed by atoms with E-state index in [1.165, 1.54) is 16.4 Å². The SMILES string of the molecule is CC(C)(C)NCCCCn1cc(I)cn1. The Balaban J connectivity index is 2.07. The van der Waals surface area contributed by atoms with E-state index in [0.29, 0.717) is 0 Å². The Morgan fingerprint density at radius 2 is 2.13 bits per heavy atom. The third-order valence-corrected chi connectivity index (χ3v) is 2.63. The van der Waals surface area contributed by atoms with Crippen molar-refractivity contribution in [3.05, 3.63) is 16.0 Å². The minimum Gasteiger partial charge on any atom is -0.312 e. The summed E-state index contributed by atoms with van der Waals surface area (Å²) in [6.07, 6.45) is 6.36. The van der Waals surface area contributed by atoms with Crippen molar-refractivity contribution in [2.24, 2.45) is 0 Å². The van der Waals surface area contributed by atoms with E-state index in [9.17, 15) is 0 Å². The third kappa shape index (κ3) is 6.14. The van der Waals surface area contributed by atoms with Crippen molar-refractivity contribution in [3.8, 4) is 0 Å². The Morgan fingerprint density at radius 3 is 2.67 bits per heavy atom. The van der Waals surface area contributed by atoms with Gasteiger partial charge in [0, 0.05) is 18.3 Å². The summed E-state index contributed by atoms with van der Waals surface area (Å²) in [6.45, 7) is 8.70. The lowest BCUT2D eigenvalue weighted by molar-refractivity contribution is 0.412. The lowest BCUT2D eigenvalue weighted by Gasteiger charge is -2.20. The topological polar surface area (TPSA) is 29.9 Å². The Bertz CT molecular complexity index is 288. The van der Waals surface area contributed by atoms with Gasteiger partial charge in [0.25, 0.3) is 0 Å². The maximum Gasteiger partial charge on any atom is 0.0623 e. The van der Waals surface area contributed by atoms with E-state index in [1.807, 2.05) is 10.9 Å². The maximum atomic E-state index is 4.25. The summed E-state index contributed by atoms with van der Waals surface area (Å²) < 4.78 is 3.22. The first kappa shape index (κ1) is 13.0. The van der Waals surface area contributed by atoms with Crippen LogP contribution in [0.1, 0.15) is 33.6 Å². The van der Waals surface area contributed by atoms with Gasteiger partial charge in [-0.3, -0.25) is 4.68 Å². The van der Waals surface area contributed by atoms with Crippen molar-refractivity contribution in [2.45, 2.75) is 45.7 Å². The quantitative estimate of drug-likeness (QED) is 0.667. The average molecular weight is 321 g/mol. The fourth-order valence-electron chi connectivity index (χ4n) is 1.32. The van der Waals surface area contributed by atoms with Crippen LogP contribution in [-0.2, 0) is 6.54 Å². The van der Waals surface area contributed by atoms with Crippen LogP contribution in [0, 0.1) is 3.57 Å². The van der Waals surface area contributed by atoms with Gasteiger partial charge in [-0.2, -0.15) is 5.10 Å². The summed E-state index contributed by atoms with van der Waals surface area (Å²) in [5.74, 6) is 0. The fraction of sp³-hybridized carbons (Fsp3) is 0.727. The van der Waals surface area contributed by atoms with Crippen molar-refractivity contribution in [3.63, 3.8) is 0 Å². The van der Waals surface area contributed by atoms with E-state index in [-0.39, 0.29) is 5.54 Å². The molecule has 0 amide bonds. The van der Waals surface area contributed by atoms with Crippen LogP contribution in [0.15, 0.2) is 12.4 Å². The summed E-state index contributed by atoms with van der Waals surface area (Å²) in [6, 6.07) is 0. The molecule has 0 unspecified atom stereocenters. The molecule has 0 radical (unpaired) electrons. The number of aryl methyl sites for hydroxylation is 1. The molecule has 86 valence electrons. The summed E-state index contributed by atoms with van der Waals surface area (Å²) in [4.78, 5) is 0. The van der Waals surface area contributed by atoms with E-state index in [0.717, 1.165) is 13.1 Å². The molecule has 3 nitrogen and oxygen atoms in total. The lowest BCUT2D eigenvalue weighted by Crippen LogP contribution is -2.36. The highest BCUT2D eigenvalue weighted by Gasteiger charge is 2.06. The average Bonchev–Trinajstić information content (AvgIpc) is 2.49. The van der Waals surface area contributed by atoms with Gasteiger partial charge in [-0.25, -0.2) is 0 Å². The van der Waals surface area contributed by atoms with Gasteiger partial charge in [0.15, 0.2) is 0 Å². The Hall–Kier alpha value is -0.100. The molecule has 0 bridgehead atoms. The van der Waals surface area contributed by atoms with Gasteiger partial charge < -0.3 is 5.32 Å². The minimum atomic E-state index is 0.237. The van der Waals surface area contributed by atoms with Gasteiger partial charge in [-0.1, -0.05) is 0 Å². The molecule has 1 rings (SSSR count). The van der Waals surface area contributed by atoms with E-state index in [1.54, 1.807) is 0 Å². The van der Waals surface area contributed by atoms with Crippen molar-refractivity contribution in [1.82, 2.24) is 15.1 Å². The molecular weight excluding hydrogens is 301 g/mol. The zero-order chi connectivity index (χ0) is 11.3. The number of nitrogens with zero attached hydrogens (tertiary/aromatic N) is 2. The van der Waals surface area contributed by atoms with Gasteiger partial charge in [0.05, 0.1) is 9.77 Å². The number of aromatic nitrogens is 2. The fourth-order valence-corrected chi connectivity index (χ4v) is 1.77. The smallest absolute Gasteiger partial charge is 0.0623 e. The Labute approximate surface area is 106 Å². The minimum absolute atomic E-state index is 0.237. The second-order valence-electron chi connectivity index (χ2n) is 4.81. The summed E-state index contributed by atoms with van der Waals surface area (Å²) in [5.41, 5.74) is 0.237. The Morgan fingerprint density at radius 1 is 1.40 bits per heavy atom. The third-order valence-electron chi connectivity index (χ3n) is 2.07. The predicted octanol–water partition coefficient (Wildman–Crippen LogP) is 2.66. The van der Waals surface area contributed by atoms with Crippen LogP contribution in [0.4, 0.5) is 0 Å². The van der Waals surface area contributed by atoms with Crippen LogP contribution in [0.3, 0.4) is 0 Å². The molecule has 1 aromatic heterocycles. The van der Waals surface area contributed by atoms with E-state index < -0.39 is 0 Å². The molecule has 4 heteroatoms. The van der Waals surface area contributed by atoms with Crippen molar-refractivity contribution < 1.29 is 0 Å². The van der Waals surface area contributed by atoms with E-state index in [4.69, 9.17) is 0 Å². The summed E-state index contributed by atoms with van der Waals surface area (Å²) >= 11 is 2.28. The first-order chi connectivity index (χ1) is 6.97. The lowest BCUT2D eigenvalue weighted by atomic mass is 10.1. The van der Waals surface area contributed by atoms with E-state index in [2.05, 4.69) is 60.0 Å². The largest absolute Gasteiger partial charge is 0.312 e. The molecular formula is C11H20IN3.